The molecule has 4 heterocycles. The SMILES string of the molecule is C1CCC2=[N+](CC1)CCCN2.CN1C(=CC=Cc2n(C)c3cc4ccccc4cc3[n+]2C)N(C)c2cc3ccccc3cc21.[HH]. The van der Waals surface area contributed by atoms with Gasteiger partial charge in [-0.2, -0.15) is 0 Å². The summed E-state index contributed by atoms with van der Waals surface area (Å²) in [6.07, 6.45) is 13.4. The first kappa shape index (κ1) is 28.2. The zero-order valence-corrected chi connectivity index (χ0v) is 26.6. The Balaban J connectivity index is 0.000000251. The van der Waals surface area contributed by atoms with Gasteiger partial charge in [-0.25, -0.2) is 9.13 Å². The van der Waals surface area contributed by atoms with Crippen LogP contribution in [-0.2, 0) is 14.1 Å². The molecule has 1 N–H and O–H groups in total. The van der Waals surface area contributed by atoms with Crippen molar-refractivity contribution in [3.8, 4) is 0 Å². The molecule has 0 atom stereocenters. The number of benzene rings is 4. The van der Waals surface area contributed by atoms with E-state index in [0.717, 1.165) is 11.6 Å². The summed E-state index contributed by atoms with van der Waals surface area (Å²) in [4.78, 5) is 4.53. The van der Waals surface area contributed by atoms with Crippen LogP contribution >= 0.6 is 0 Å². The summed E-state index contributed by atoms with van der Waals surface area (Å²) in [6, 6.07) is 26.2. The molecule has 6 nitrogen and oxygen atoms in total. The number of anilines is 2. The van der Waals surface area contributed by atoms with Gasteiger partial charge in [0, 0.05) is 34.4 Å². The van der Waals surface area contributed by atoms with Crippen molar-refractivity contribution in [2.24, 2.45) is 14.1 Å². The summed E-state index contributed by atoms with van der Waals surface area (Å²) in [5, 5.41) is 8.57. The number of hydrogen-bond acceptors (Lipinski definition) is 3. The molecule has 0 bridgehead atoms. The zero-order chi connectivity index (χ0) is 30.2. The molecular formula is C38H46N6+2. The van der Waals surface area contributed by atoms with Crippen molar-refractivity contribution in [3.63, 3.8) is 0 Å². The maximum atomic E-state index is 3.50. The summed E-state index contributed by atoms with van der Waals surface area (Å²) >= 11 is 0. The van der Waals surface area contributed by atoms with E-state index < -0.39 is 0 Å². The standard InChI is InChI=1S/C29H27N4.C9H16N2.H2/c1-30-24-16-20-10-5-6-11-21(20)17-25(24)31(2)28(30)14-9-15-29-32(3)26-18-22-12-7-8-13-23(22)19-27(26)33(29)4;1-2-5-9-10-6-4-8-11(9)7-3-1;/h5-19H,1-4H3;1-8H2;1H/q+1;;/p+1. The van der Waals surface area contributed by atoms with E-state index in [0.29, 0.717) is 0 Å². The lowest BCUT2D eigenvalue weighted by atomic mass is 10.1. The number of rotatable bonds is 2. The highest BCUT2D eigenvalue weighted by molar-refractivity contribution is 5.97. The number of hydrogen-bond donors (Lipinski definition) is 1. The smallest absolute Gasteiger partial charge is 0.281 e. The monoisotopic (exact) mass is 586 g/mol. The van der Waals surface area contributed by atoms with Crippen LogP contribution in [0.15, 0.2) is 90.8 Å². The molecule has 44 heavy (non-hydrogen) atoms. The fraction of sp³-hybridized carbons (Fsp3) is 0.316. The highest BCUT2D eigenvalue weighted by Crippen LogP contribution is 2.42. The minimum Gasteiger partial charge on any atom is -0.329 e. The van der Waals surface area contributed by atoms with Crippen LogP contribution in [0, 0.1) is 0 Å². The summed E-state index contributed by atoms with van der Waals surface area (Å²) in [5.41, 5.74) is 4.94. The van der Waals surface area contributed by atoms with Gasteiger partial charge in [0.1, 0.15) is 5.82 Å². The van der Waals surface area contributed by atoms with Crippen LogP contribution in [0.4, 0.5) is 11.4 Å². The molecule has 226 valence electrons. The molecule has 0 saturated carbocycles. The van der Waals surface area contributed by atoms with Gasteiger partial charge in [0.25, 0.3) is 5.82 Å². The van der Waals surface area contributed by atoms with Crippen LogP contribution in [-0.4, -0.2) is 48.7 Å². The Bertz CT molecular complexity index is 1840. The van der Waals surface area contributed by atoms with Crippen molar-refractivity contribution < 1.29 is 10.6 Å². The van der Waals surface area contributed by atoms with Gasteiger partial charge < -0.3 is 9.80 Å². The zero-order valence-electron chi connectivity index (χ0n) is 26.6. The van der Waals surface area contributed by atoms with Gasteiger partial charge in [-0.1, -0.05) is 54.6 Å². The molecule has 0 aliphatic carbocycles. The van der Waals surface area contributed by atoms with Crippen molar-refractivity contribution in [1.82, 2.24) is 9.88 Å². The predicted octanol–water partition coefficient (Wildman–Crippen LogP) is 6.96. The number of allylic oxidation sites excluding steroid dienone is 2. The highest BCUT2D eigenvalue weighted by Gasteiger charge is 2.26. The largest absolute Gasteiger partial charge is 0.329 e. The van der Waals surface area contributed by atoms with Crippen molar-refractivity contribution in [2.45, 2.75) is 32.1 Å². The van der Waals surface area contributed by atoms with Gasteiger partial charge in [0.05, 0.1) is 45.1 Å². The van der Waals surface area contributed by atoms with Crippen molar-refractivity contribution >= 4 is 55.9 Å². The number of aromatic nitrogens is 2. The summed E-state index contributed by atoms with van der Waals surface area (Å²) < 4.78 is 7.07. The second kappa shape index (κ2) is 11.8. The van der Waals surface area contributed by atoms with Gasteiger partial charge in [0.2, 0.25) is 5.84 Å². The van der Waals surface area contributed by atoms with Crippen molar-refractivity contribution in [1.29, 1.82) is 0 Å². The van der Waals surface area contributed by atoms with E-state index in [9.17, 15) is 0 Å². The Morgan fingerprint density at radius 1 is 0.750 bits per heavy atom. The number of amidine groups is 1. The lowest BCUT2D eigenvalue weighted by Crippen LogP contribution is -2.40. The van der Waals surface area contributed by atoms with Gasteiger partial charge in [0.15, 0.2) is 11.0 Å². The third kappa shape index (κ3) is 5.12. The second-order valence-corrected chi connectivity index (χ2v) is 12.4. The van der Waals surface area contributed by atoms with Crippen molar-refractivity contribution in [3.05, 3.63) is 96.6 Å². The number of imidazole rings is 1. The Morgan fingerprint density at radius 3 is 2.05 bits per heavy atom. The first-order chi connectivity index (χ1) is 21.5. The van der Waals surface area contributed by atoms with E-state index in [1.54, 1.807) is 0 Å². The number of nitrogens with zero attached hydrogens (tertiary/aromatic N) is 5. The highest BCUT2D eigenvalue weighted by atomic mass is 15.4. The molecule has 1 aromatic heterocycles. The average molecular weight is 587 g/mol. The predicted molar refractivity (Wildman–Crippen MR) is 188 cm³/mol. The maximum absolute atomic E-state index is 3.50. The van der Waals surface area contributed by atoms with Crippen LogP contribution in [0.5, 0.6) is 0 Å². The molecule has 0 spiro atoms. The van der Waals surface area contributed by atoms with Gasteiger partial charge in [-0.15, -0.1) is 0 Å². The fourth-order valence-corrected chi connectivity index (χ4v) is 7.13. The lowest BCUT2D eigenvalue weighted by molar-refractivity contribution is -0.647. The van der Waals surface area contributed by atoms with E-state index in [2.05, 4.69) is 148 Å². The minimum absolute atomic E-state index is 0. The van der Waals surface area contributed by atoms with Crippen LogP contribution in [0.3, 0.4) is 0 Å². The molecule has 0 fully saturated rings. The third-order valence-corrected chi connectivity index (χ3v) is 9.65. The van der Waals surface area contributed by atoms with Crippen LogP contribution in [0.2, 0.25) is 0 Å². The molecule has 3 aliphatic heterocycles. The van der Waals surface area contributed by atoms with E-state index in [4.69, 9.17) is 0 Å². The quantitative estimate of drug-likeness (QED) is 0.227. The molecule has 0 saturated heterocycles. The summed E-state index contributed by atoms with van der Waals surface area (Å²) in [5.74, 6) is 3.83. The summed E-state index contributed by atoms with van der Waals surface area (Å²) in [6.45, 7) is 3.79. The van der Waals surface area contributed by atoms with Gasteiger partial charge in [-0.05, 0) is 71.1 Å². The molecule has 4 aromatic carbocycles. The number of aryl methyl sites for hydroxylation is 2. The molecule has 0 unspecified atom stereocenters. The number of fused-ring (bicyclic) bond motifs is 4. The Labute approximate surface area is 262 Å². The van der Waals surface area contributed by atoms with E-state index in [1.165, 1.54) is 102 Å². The molecular weight excluding hydrogens is 540 g/mol. The van der Waals surface area contributed by atoms with E-state index >= 15 is 0 Å². The van der Waals surface area contributed by atoms with Crippen LogP contribution < -0.4 is 19.7 Å². The minimum atomic E-state index is 0. The maximum Gasteiger partial charge on any atom is 0.281 e. The Kier molecular flexibility index (Phi) is 7.59. The topological polar surface area (TPSA) is 30.3 Å². The van der Waals surface area contributed by atoms with E-state index in [-0.39, 0.29) is 1.43 Å². The van der Waals surface area contributed by atoms with Gasteiger partial charge in [-0.3, -0.25) is 9.89 Å². The normalized spacial score (nSPS) is 16.7. The first-order valence-electron chi connectivity index (χ1n) is 16.1. The summed E-state index contributed by atoms with van der Waals surface area (Å²) in [7, 11) is 8.55. The third-order valence-electron chi connectivity index (χ3n) is 9.65. The van der Waals surface area contributed by atoms with Crippen molar-refractivity contribution in [2.75, 3.05) is 43.5 Å². The van der Waals surface area contributed by atoms with Crippen LogP contribution in [0.25, 0.3) is 38.7 Å². The van der Waals surface area contributed by atoms with Gasteiger partial charge >= 0.3 is 0 Å². The molecule has 0 amide bonds. The first-order valence-corrected chi connectivity index (χ1v) is 16.1. The second-order valence-electron chi connectivity index (χ2n) is 12.4. The molecule has 5 aromatic rings. The Hall–Kier alpha value is -4.58. The average Bonchev–Trinajstić information content (AvgIpc) is 3.28. The van der Waals surface area contributed by atoms with E-state index in [1.807, 2.05) is 0 Å². The molecule has 3 aliphatic rings. The fourth-order valence-electron chi connectivity index (χ4n) is 7.13. The molecule has 0 radical (unpaired) electrons. The molecule has 6 heteroatoms. The Morgan fingerprint density at radius 2 is 1.36 bits per heavy atom. The number of nitrogens with one attached hydrogen (secondary N) is 1. The molecule has 8 rings (SSSR count). The lowest BCUT2D eigenvalue weighted by Gasteiger charge is -2.17. The van der Waals surface area contributed by atoms with Crippen LogP contribution in [0.1, 0.15) is 39.4 Å².